The van der Waals surface area contributed by atoms with Crippen LogP contribution in [0, 0.1) is 5.92 Å². The first-order chi connectivity index (χ1) is 8.99. The molecule has 3 N–H and O–H groups in total. The Morgan fingerprint density at radius 1 is 1.21 bits per heavy atom. The molecule has 1 rings (SSSR count). The first-order valence-electron chi connectivity index (χ1n) is 6.61. The molecule has 2 amide bonds. The van der Waals surface area contributed by atoms with Gasteiger partial charge in [-0.3, -0.25) is 9.59 Å². The SMILES string of the molecule is CC(C)CCC(=O)N[C@@H](Cc1ccccc1)C(N)=O. The molecule has 0 bridgehead atoms. The molecular weight excluding hydrogens is 240 g/mol. The van der Waals surface area contributed by atoms with Gasteiger partial charge in [0.2, 0.25) is 11.8 Å². The van der Waals surface area contributed by atoms with Crippen molar-refractivity contribution < 1.29 is 9.59 Å². The third-order valence-electron chi connectivity index (χ3n) is 2.91. The predicted octanol–water partition coefficient (Wildman–Crippen LogP) is 1.64. The number of carbonyl (C=O) groups excluding carboxylic acids is 2. The molecule has 4 heteroatoms. The van der Waals surface area contributed by atoms with Crippen molar-refractivity contribution in [1.82, 2.24) is 5.32 Å². The molecule has 19 heavy (non-hydrogen) atoms. The van der Waals surface area contributed by atoms with Crippen molar-refractivity contribution in [2.75, 3.05) is 0 Å². The fourth-order valence-electron chi connectivity index (χ4n) is 1.76. The number of amides is 2. The molecule has 0 aromatic heterocycles. The standard InChI is InChI=1S/C15H22N2O2/c1-11(2)8-9-14(18)17-13(15(16)19)10-12-6-4-3-5-7-12/h3-7,11,13H,8-10H2,1-2H3,(H2,16,19)(H,17,18)/t13-/m0/s1. The van der Waals surface area contributed by atoms with Gasteiger partial charge in [-0.15, -0.1) is 0 Å². The highest BCUT2D eigenvalue weighted by atomic mass is 16.2. The van der Waals surface area contributed by atoms with E-state index in [1.165, 1.54) is 0 Å². The van der Waals surface area contributed by atoms with Crippen LogP contribution in [0.4, 0.5) is 0 Å². The Kier molecular flexibility index (Phi) is 6.06. The molecule has 0 aliphatic rings. The van der Waals surface area contributed by atoms with Crippen molar-refractivity contribution in [3.63, 3.8) is 0 Å². The number of carbonyl (C=O) groups is 2. The van der Waals surface area contributed by atoms with Gasteiger partial charge in [0.15, 0.2) is 0 Å². The van der Waals surface area contributed by atoms with E-state index in [2.05, 4.69) is 19.2 Å². The van der Waals surface area contributed by atoms with Crippen molar-refractivity contribution in [2.45, 2.75) is 39.2 Å². The number of nitrogens with one attached hydrogen (secondary N) is 1. The third kappa shape index (κ3) is 6.04. The van der Waals surface area contributed by atoms with E-state index >= 15 is 0 Å². The van der Waals surface area contributed by atoms with Crippen LogP contribution in [0.2, 0.25) is 0 Å². The van der Waals surface area contributed by atoms with Crippen LogP contribution >= 0.6 is 0 Å². The van der Waals surface area contributed by atoms with Crippen LogP contribution in [-0.2, 0) is 16.0 Å². The summed E-state index contributed by atoms with van der Waals surface area (Å²) in [6.07, 6.45) is 1.67. The molecule has 0 unspecified atom stereocenters. The van der Waals surface area contributed by atoms with Gasteiger partial charge in [0, 0.05) is 12.8 Å². The van der Waals surface area contributed by atoms with Gasteiger partial charge < -0.3 is 11.1 Å². The van der Waals surface area contributed by atoms with Gasteiger partial charge in [0.1, 0.15) is 6.04 Å². The summed E-state index contributed by atoms with van der Waals surface area (Å²) in [5.41, 5.74) is 6.32. The predicted molar refractivity (Wildman–Crippen MR) is 75.3 cm³/mol. The van der Waals surface area contributed by atoms with Gasteiger partial charge in [0.25, 0.3) is 0 Å². The molecule has 1 aromatic carbocycles. The van der Waals surface area contributed by atoms with E-state index in [4.69, 9.17) is 5.73 Å². The van der Waals surface area contributed by atoms with Gasteiger partial charge in [-0.1, -0.05) is 44.2 Å². The lowest BCUT2D eigenvalue weighted by Gasteiger charge is -2.16. The second-order valence-corrected chi connectivity index (χ2v) is 5.14. The van der Waals surface area contributed by atoms with Gasteiger partial charge in [0.05, 0.1) is 0 Å². The zero-order chi connectivity index (χ0) is 14.3. The largest absolute Gasteiger partial charge is 0.368 e. The first kappa shape index (κ1) is 15.2. The van der Waals surface area contributed by atoms with E-state index in [-0.39, 0.29) is 5.91 Å². The zero-order valence-corrected chi connectivity index (χ0v) is 11.6. The minimum Gasteiger partial charge on any atom is -0.368 e. The Balaban J connectivity index is 2.54. The summed E-state index contributed by atoms with van der Waals surface area (Å²) in [7, 11) is 0. The van der Waals surface area contributed by atoms with Crippen LogP contribution < -0.4 is 11.1 Å². The summed E-state index contributed by atoms with van der Waals surface area (Å²) < 4.78 is 0. The van der Waals surface area contributed by atoms with Crippen LogP contribution in [0.25, 0.3) is 0 Å². The fourth-order valence-corrected chi connectivity index (χ4v) is 1.76. The molecule has 1 atom stereocenters. The normalized spacial score (nSPS) is 12.2. The van der Waals surface area contributed by atoms with E-state index in [0.29, 0.717) is 18.8 Å². The number of benzene rings is 1. The van der Waals surface area contributed by atoms with Crippen molar-refractivity contribution in [2.24, 2.45) is 11.7 Å². The molecule has 0 radical (unpaired) electrons. The maximum atomic E-state index is 11.7. The van der Waals surface area contributed by atoms with Crippen LogP contribution in [0.3, 0.4) is 0 Å². The monoisotopic (exact) mass is 262 g/mol. The quantitative estimate of drug-likeness (QED) is 0.784. The molecule has 0 aliphatic carbocycles. The lowest BCUT2D eigenvalue weighted by atomic mass is 10.0. The second kappa shape index (κ2) is 7.56. The van der Waals surface area contributed by atoms with Crippen LogP contribution in [-0.4, -0.2) is 17.9 Å². The van der Waals surface area contributed by atoms with Gasteiger partial charge in [-0.05, 0) is 17.9 Å². The number of primary amides is 1. The van der Waals surface area contributed by atoms with E-state index < -0.39 is 11.9 Å². The van der Waals surface area contributed by atoms with Crippen LogP contribution in [0.15, 0.2) is 30.3 Å². The fraction of sp³-hybridized carbons (Fsp3) is 0.467. The molecule has 0 spiro atoms. The maximum absolute atomic E-state index is 11.7. The van der Waals surface area contributed by atoms with Crippen molar-refractivity contribution in [1.29, 1.82) is 0 Å². The van der Waals surface area contributed by atoms with Gasteiger partial charge >= 0.3 is 0 Å². The van der Waals surface area contributed by atoms with Crippen molar-refractivity contribution >= 4 is 11.8 Å². The number of hydrogen-bond donors (Lipinski definition) is 2. The Bertz CT molecular complexity index is 415. The average molecular weight is 262 g/mol. The molecule has 0 saturated carbocycles. The minimum atomic E-state index is -0.637. The van der Waals surface area contributed by atoms with E-state index in [1.54, 1.807) is 0 Å². The average Bonchev–Trinajstić information content (AvgIpc) is 2.36. The highest BCUT2D eigenvalue weighted by molar-refractivity contribution is 5.86. The van der Waals surface area contributed by atoms with Crippen molar-refractivity contribution in [3.8, 4) is 0 Å². The molecule has 0 saturated heterocycles. The van der Waals surface area contributed by atoms with E-state index in [1.807, 2.05) is 30.3 Å². The van der Waals surface area contributed by atoms with Gasteiger partial charge in [-0.2, -0.15) is 0 Å². The number of hydrogen-bond acceptors (Lipinski definition) is 2. The van der Waals surface area contributed by atoms with Crippen molar-refractivity contribution in [3.05, 3.63) is 35.9 Å². The van der Waals surface area contributed by atoms with Crippen LogP contribution in [0.1, 0.15) is 32.3 Å². The molecule has 0 aliphatic heterocycles. The summed E-state index contributed by atoms with van der Waals surface area (Å²) >= 11 is 0. The zero-order valence-electron chi connectivity index (χ0n) is 11.6. The van der Waals surface area contributed by atoms with Gasteiger partial charge in [-0.25, -0.2) is 0 Å². The molecule has 0 heterocycles. The summed E-state index contributed by atoms with van der Waals surface area (Å²) in [5.74, 6) is -0.151. The summed E-state index contributed by atoms with van der Waals surface area (Å²) in [6.45, 7) is 4.12. The molecule has 0 fully saturated rings. The summed E-state index contributed by atoms with van der Waals surface area (Å²) in [6, 6.07) is 8.89. The Labute approximate surface area is 114 Å². The molecule has 104 valence electrons. The molecular formula is C15H22N2O2. The Hall–Kier alpha value is -1.84. The number of rotatable bonds is 7. The summed E-state index contributed by atoms with van der Waals surface area (Å²) in [5, 5.41) is 2.71. The number of nitrogens with two attached hydrogens (primary N) is 1. The minimum absolute atomic E-state index is 0.117. The first-order valence-corrected chi connectivity index (χ1v) is 6.61. The summed E-state index contributed by atoms with van der Waals surface area (Å²) in [4.78, 5) is 23.1. The Morgan fingerprint density at radius 3 is 2.37 bits per heavy atom. The van der Waals surface area contributed by atoms with Crippen LogP contribution in [0.5, 0.6) is 0 Å². The molecule has 4 nitrogen and oxygen atoms in total. The highest BCUT2D eigenvalue weighted by Gasteiger charge is 2.18. The lowest BCUT2D eigenvalue weighted by molar-refractivity contribution is -0.127. The molecule has 1 aromatic rings. The second-order valence-electron chi connectivity index (χ2n) is 5.14. The smallest absolute Gasteiger partial charge is 0.240 e. The highest BCUT2D eigenvalue weighted by Crippen LogP contribution is 2.06. The maximum Gasteiger partial charge on any atom is 0.240 e. The third-order valence-corrected chi connectivity index (χ3v) is 2.91. The Morgan fingerprint density at radius 2 is 1.84 bits per heavy atom. The topological polar surface area (TPSA) is 72.2 Å². The lowest BCUT2D eigenvalue weighted by Crippen LogP contribution is -2.45. The van der Waals surface area contributed by atoms with E-state index in [0.717, 1.165) is 12.0 Å². The van der Waals surface area contributed by atoms with E-state index in [9.17, 15) is 9.59 Å².